The topological polar surface area (TPSA) is 41.9 Å². The molecule has 0 amide bonds. The van der Waals surface area contributed by atoms with Gasteiger partial charge in [0.2, 0.25) is 0 Å². The Morgan fingerprint density at radius 2 is 1.96 bits per heavy atom. The number of fused-ring (bicyclic) bond motifs is 1. The van der Waals surface area contributed by atoms with Gasteiger partial charge < -0.3 is 14.6 Å². The van der Waals surface area contributed by atoms with Crippen molar-refractivity contribution < 1.29 is 14.6 Å². The molecule has 1 heterocycles. The van der Waals surface area contributed by atoms with Gasteiger partial charge in [-0.3, -0.25) is 4.90 Å². The van der Waals surface area contributed by atoms with Crippen LogP contribution in [-0.4, -0.2) is 36.3 Å². The van der Waals surface area contributed by atoms with Crippen LogP contribution in [0.3, 0.4) is 0 Å². The van der Waals surface area contributed by atoms with E-state index in [0.717, 1.165) is 42.3 Å². The lowest BCUT2D eigenvalue weighted by atomic mass is 9.94. The first-order chi connectivity index (χ1) is 12.9. The third-order valence-electron chi connectivity index (χ3n) is 5.03. The molecule has 4 heteroatoms. The molecule has 0 saturated carbocycles. The van der Waals surface area contributed by atoms with Gasteiger partial charge >= 0.3 is 0 Å². The van der Waals surface area contributed by atoms with Crippen LogP contribution in [0, 0.1) is 5.92 Å². The summed E-state index contributed by atoms with van der Waals surface area (Å²) in [6.45, 7) is 10.1. The summed E-state index contributed by atoms with van der Waals surface area (Å²) in [6, 6.07) is 15.6. The molecule has 0 fully saturated rings. The minimum atomic E-state index is -1.07. The Morgan fingerprint density at radius 3 is 2.70 bits per heavy atom. The van der Waals surface area contributed by atoms with Crippen molar-refractivity contribution in [1.29, 1.82) is 0 Å². The third kappa shape index (κ3) is 5.47. The molecule has 1 N–H and O–H groups in total. The fourth-order valence-corrected chi connectivity index (χ4v) is 3.24. The van der Waals surface area contributed by atoms with Crippen molar-refractivity contribution in [2.45, 2.75) is 39.3 Å². The maximum atomic E-state index is 11.0. The second-order valence-corrected chi connectivity index (χ2v) is 8.01. The van der Waals surface area contributed by atoms with Gasteiger partial charge in [-0.1, -0.05) is 38.1 Å². The van der Waals surface area contributed by atoms with Crippen LogP contribution in [0.2, 0.25) is 0 Å². The first kappa shape index (κ1) is 19.7. The fraction of sp³-hybridized carbons (Fsp3) is 0.478. The Morgan fingerprint density at radius 1 is 1.19 bits per heavy atom. The zero-order valence-corrected chi connectivity index (χ0v) is 16.6. The van der Waals surface area contributed by atoms with Crippen molar-refractivity contribution in [3.8, 4) is 11.5 Å². The van der Waals surface area contributed by atoms with Gasteiger partial charge in [-0.05, 0) is 55.6 Å². The number of hydrogen-bond donors (Lipinski definition) is 1. The van der Waals surface area contributed by atoms with Gasteiger partial charge in [-0.2, -0.15) is 0 Å². The molecule has 2 aromatic carbocycles. The summed E-state index contributed by atoms with van der Waals surface area (Å²) in [6.07, 6.45) is 1.18. The highest BCUT2D eigenvalue weighted by molar-refractivity contribution is 5.40. The lowest BCUT2D eigenvalue weighted by molar-refractivity contribution is 0.00748. The molecule has 0 aromatic heterocycles. The molecule has 146 valence electrons. The van der Waals surface area contributed by atoms with E-state index in [1.54, 1.807) is 6.92 Å². The summed E-state index contributed by atoms with van der Waals surface area (Å²) >= 11 is 0. The van der Waals surface area contributed by atoms with Crippen LogP contribution in [0.15, 0.2) is 48.5 Å². The normalized spacial score (nSPS) is 16.9. The average Bonchev–Trinajstić information content (AvgIpc) is 2.87. The van der Waals surface area contributed by atoms with Gasteiger partial charge in [0.15, 0.2) is 0 Å². The molecule has 27 heavy (non-hydrogen) atoms. The average molecular weight is 370 g/mol. The van der Waals surface area contributed by atoms with E-state index in [4.69, 9.17) is 9.47 Å². The highest BCUT2D eigenvalue weighted by Crippen LogP contribution is 2.30. The number of nitrogens with zero attached hydrogens (tertiary/aromatic N) is 1. The van der Waals surface area contributed by atoms with E-state index < -0.39 is 5.60 Å². The summed E-state index contributed by atoms with van der Waals surface area (Å²) in [5.74, 6) is 2.37. The largest absolute Gasteiger partial charge is 0.492 e. The van der Waals surface area contributed by atoms with E-state index in [1.165, 1.54) is 6.42 Å². The van der Waals surface area contributed by atoms with E-state index in [1.807, 2.05) is 42.5 Å². The van der Waals surface area contributed by atoms with Crippen LogP contribution < -0.4 is 9.47 Å². The van der Waals surface area contributed by atoms with Gasteiger partial charge in [0, 0.05) is 18.7 Å². The smallest absolute Gasteiger partial charge is 0.123 e. The summed E-state index contributed by atoms with van der Waals surface area (Å²) in [5.41, 5.74) is 0.917. The summed E-state index contributed by atoms with van der Waals surface area (Å²) in [4.78, 5) is 2.44. The third-order valence-corrected chi connectivity index (χ3v) is 5.03. The Labute approximate surface area is 162 Å². The molecular formula is C23H31NO3. The van der Waals surface area contributed by atoms with Gasteiger partial charge in [0.25, 0.3) is 0 Å². The lowest BCUT2D eigenvalue weighted by Gasteiger charge is -2.25. The molecule has 0 unspecified atom stereocenters. The van der Waals surface area contributed by atoms with Crippen molar-refractivity contribution in [1.82, 2.24) is 4.90 Å². The Kier molecular flexibility index (Phi) is 6.40. The molecule has 0 saturated heterocycles. The molecule has 1 atom stereocenters. The molecule has 1 aliphatic heterocycles. The number of hydrogen-bond acceptors (Lipinski definition) is 4. The monoisotopic (exact) mass is 369 g/mol. The number of rotatable bonds is 7. The minimum Gasteiger partial charge on any atom is -0.492 e. The second-order valence-electron chi connectivity index (χ2n) is 8.01. The van der Waals surface area contributed by atoms with Crippen LogP contribution in [-0.2, 0) is 12.1 Å². The quantitative estimate of drug-likeness (QED) is 0.794. The zero-order chi connectivity index (χ0) is 19.3. The van der Waals surface area contributed by atoms with Gasteiger partial charge in [-0.15, -0.1) is 0 Å². The highest BCUT2D eigenvalue weighted by atomic mass is 16.5. The number of para-hydroxylation sites is 1. The second kappa shape index (κ2) is 8.77. The Hall–Kier alpha value is -2.04. The predicted octanol–water partition coefficient (Wildman–Crippen LogP) is 4.21. The highest BCUT2D eigenvalue weighted by Gasteiger charge is 2.26. The molecular weight excluding hydrogens is 338 g/mol. The summed E-state index contributed by atoms with van der Waals surface area (Å²) in [5, 5.41) is 11.0. The minimum absolute atomic E-state index is 0.202. The van der Waals surface area contributed by atoms with Crippen molar-refractivity contribution in [2.75, 3.05) is 26.3 Å². The molecule has 0 bridgehead atoms. The molecule has 0 spiro atoms. The van der Waals surface area contributed by atoms with Crippen LogP contribution in [0.4, 0.5) is 0 Å². The maximum Gasteiger partial charge on any atom is 0.123 e. The molecule has 1 aliphatic rings. The van der Waals surface area contributed by atoms with Gasteiger partial charge in [0.1, 0.15) is 30.3 Å². The van der Waals surface area contributed by atoms with Crippen molar-refractivity contribution >= 4 is 0 Å². The maximum absolute atomic E-state index is 11.0. The molecule has 4 nitrogen and oxygen atoms in total. The Balaban J connectivity index is 1.71. The first-order valence-electron chi connectivity index (χ1n) is 9.83. The van der Waals surface area contributed by atoms with E-state index in [-0.39, 0.29) is 6.61 Å². The van der Waals surface area contributed by atoms with Crippen LogP contribution in [0.5, 0.6) is 11.5 Å². The number of ether oxygens (including phenoxy) is 2. The SMILES string of the molecule is CC(C)CCN1CCOc2ccc([C@](C)(O)COc3ccccc3)cc2C1. The van der Waals surface area contributed by atoms with E-state index >= 15 is 0 Å². The van der Waals surface area contributed by atoms with E-state index in [0.29, 0.717) is 12.5 Å². The van der Waals surface area contributed by atoms with Crippen LogP contribution in [0.1, 0.15) is 38.3 Å². The van der Waals surface area contributed by atoms with Crippen LogP contribution >= 0.6 is 0 Å². The fourth-order valence-electron chi connectivity index (χ4n) is 3.24. The summed E-state index contributed by atoms with van der Waals surface area (Å²) < 4.78 is 11.7. The van der Waals surface area contributed by atoms with Crippen molar-refractivity contribution in [3.05, 3.63) is 59.7 Å². The van der Waals surface area contributed by atoms with Crippen molar-refractivity contribution in [2.24, 2.45) is 5.92 Å². The number of benzene rings is 2. The van der Waals surface area contributed by atoms with Gasteiger partial charge in [0.05, 0.1) is 0 Å². The van der Waals surface area contributed by atoms with Crippen LogP contribution in [0.25, 0.3) is 0 Å². The predicted molar refractivity (Wildman–Crippen MR) is 108 cm³/mol. The first-order valence-corrected chi connectivity index (χ1v) is 9.83. The standard InChI is InChI=1S/C23H31NO3/c1-18(2)11-12-24-13-14-26-22-10-9-20(15-19(22)16-24)23(3,25)17-27-21-7-5-4-6-8-21/h4-10,15,18,25H,11-14,16-17H2,1-3H3/t23-/m1/s1. The molecule has 0 aliphatic carbocycles. The lowest BCUT2D eigenvalue weighted by Crippen LogP contribution is -2.30. The molecule has 2 aromatic rings. The summed E-state index contributed by atoms with van der Waals surface area (Å²) in [7, 11) is 0. The van der Waals surface area contributed by atoms with Crippen molar-refractivity contribution in [3.63, 3.8) is 0 Å². The van der Waals surface area contributed by atoms with E-state index in [2.05, 4.69) is 24.8 Å². The van der Waals surface area contributed by atoms with E-state index in [9.17, 15) is 5.11 Å². The number of aliphatic hydroxyl groups is 1. The molecule has 0 radical (unpaired) electrons. The molecule has 3 rings (SSSR count). The Bertz CT molecular complexity index is 728. The zero-order valence-electron chi connectivity index (χ0n) is 16.6. The van der Waals surface area contributed by atoms with Gasteiger partial charge in [-0.25, -0.2) is 0 Å².